The third-order valence-electron chi connectivity index (χ3n) is 2.96. The Bertz CT molecular complexity index is 500. The Balaban J connectivity index is 1.85. The van der Waals surface area contributed by atoms with Gasteiger partial charge in [-0.05, 0) is 30.0 Å². The number of rotatable bonds is 2. The third-order valence-corrected chi connectivity index (χ3v) is 2.96. The summed E-state index contributed by atoms with van der Waals surface area (Å²) in [4.78, 5) is 10.7. The second kappa shape index (κ2) is 3.09. The molecule has 1 aliphatic carbocycles. The minimum absolute atomic E-state index is 0.0220. The van der Waals surface area contributed by atoms with Crippen molar-refractivity contribution in [2.45, 2.75) is 18.6 Å². The topological polar surface area (TPSA) is 55.8 Å². The number of carboxylic acids is 1. The quantitative estimate of drug-likeness (QED) is 0.863. The molecule has 4 nitrogen and oxygen atoms in total. The minimum Gasteiger partial charge on any atom is -0.481 e. The zero-order chi connectivity index (χ0) is 12.2. The van der Waals surface area contributed by atoms with Crippen molar-refractivity contribution in [3.05, 3.63) is 23.8 Å². The molecule has 0 spiro atoms. The molecule has 1 fully saturated rings. The molecule has 1 heterocycles. The van der Waals surface area contributed by atoms with Gasteiger partial charge in [0, 0.05) is 0 Å². The lowest BCUT2D eigenvalue weighted by Crippen LogP contribution is -2.25. The van der Waals surface area contributed by atoms with Gasteiger partial charge in [0.1, 0.15) is 0 Å². The van der Waals surface area contributed by atoms with Crippen LogP contribution in [0.4, 0.5) is 8.78 Å². The second-order valence-corrected chi connectivity index (χ2v) is 4.16. The average Bonchev–Trinajstić information content (AvgIpc) is 2.94. The van der Waals surface area contributed by atoms with Crippen LogP contribution in [-0.4, -0.2) is 17.4 Å². The van der Waals surface area contributed by atoms with Crippen LogP contribution in [0, 0.1) is 5.92 Å². The van der Waals surface area contributed by atoms with Crippen LogP contribution in [0.5, 0.6) is 11.5 Å². The van der Waals surface area contributed by atoms with Crippen molar-refractivity contribution in [3.63, 3.8) is 0 Å². The molecule has 1 aliphatic heterocycles. The van der Waals surface area contributed by atoms with Gasteiger partial charge in [-0.25, -0.2) is 0 Å². The average molecular weight is 242 g/mol. The summed E-state index contributed by atoms with van der Waals surface area (Å²) in [5.41, 5.74) is 0.692. The molecule has 0 saturated heterocycles. The van der Waals surface area contributed by atoms with Gasteiger partial charge in [0.2, 0.25) is 0 Å². The normalized spacial score (nSPS) is 27.9. The summed E-state index contributed by atoms with van der Waals surface area (Å²) in [7, 11) is 0. The largest absolute Gasteiger partial charge is 0.586 e. The first-order chi connectivity index (χ1) is 7.96. The molecule has 0 aromatic heterocycles. The number of halogens is 2. The van der Waals surface area contributed by atoms with Gasteiger partial charge in [-0.3, -0.25) is 4.79 Å². The van der Waals surface area contributed by atoms with E-state index in [1.165, 1.54) is 12.1 Å². The van der Waals surface area contributed by atoms with Crippen molar-refractivity contribution >= 4 is 5.97 Å². The van der Waals surface area contributed by atoms with E-state index in [0.717, 1.165) is 0 Å². The molecule has 1 N–H and O–H groups in total. The summed E-state index contributed by atoms with van der Waals surface area (Å²) >= 11 is 0. The van der Waals surface area contributed by atoms with Crippen molar-refractivity contribution < 1.29 is 28.2 Å². The van der Waals surface area contributed by atoms with Gasteiger partial charge < -0.3 is 14.6 Å². The standard InChI is InChI=1S/C11H8F2O4/c12-11(13)16-8-2-1-5(3-9(8)17-11)6-4-7(6)10(14)15/h1-3,6-7H,4H2,(H,14,15). The first kappa shape index (κ1) is 10.3. The maximum absolute atomic E-state index is 12.8. The molecule has 2 aliphatic rings. The van der Waals surface area contributed by atoms with Crippen LogP contribution in [-0.2, 0) is 4.79 Å². The lowest BCUT2D eigenvalue weighted by molar-refractivity contribution is -0.286. The summed E-state index contributed by atoms with van der Waals surface area (Å²) in [6, 6.07) is 4.39. The molecule has 3 rings (SSSR count). The van der Waals surface area contributed by atoms with E-state index in [-0.39, 0.29) is 17.4 Å². The lowest BCUT2D eigenvalue weighted by atomic mass is 10.1. The molecule has 1 aromatic carbocycles. The molecule has 6 heteroatoms. The zero-order valence-corrected chi connectivity index (χ0v) is 8.52. The Hall–Kier alpha value is -1.85. The summed E-state index contributed by atoms with van der Waals surface area (Å²) in [5.74, 6) is -1.46. The zero-order valence-electron chi connectivity index (χ0n) is 8.52. The van der Waals surface area contributed by atoms with Crippen molar-refractivity contribution in [1.29, 1.82) is 0 Å². The van der Waals surface area contributed by atoms with Crippen LogP contribution >= 0.6 is 0 Å². The van der Waals surface area contributed by atoms with E-state index in [1.54, 1.807) is 6.07 Å². The highest BCUT2D eigenvalue weighted by molar-refractivity contribution is 5.75. The second-order valence-electron chi connectivity index (χ2n) is 4.16. The molecule has 1 saturated carbocycles. The predicted octanol–water partition coefficient (Wildman–Crippen LogP) is 2.20. The first-order valence-corrected chi connectivity index (χ1v) is 5.09. The van der Waals surface area contributed by atoms with E-state index in [0.29, 0.717) is 12.0 Å². The highest BCUT2D eigenvalue weighted by Gasteiger charge is 2.47. The highest BCUT2D eigenvalue weighted by atomic mass is 19.3. The SMILES string of the molecule is O=C(O)C1CC1c1ccc2c(c1)OC(F)(F)O2. The number of aliphatic carboxylic acids is 1. The summed E-state index contributed by atoms with van der Waals surface area (Å²) in [5, 5.41) is 8.79. The van der Waals surface area contributed by atoms with Crippen LogP contribution in [0.25, 0.3) is 0 Å². The van der Waals surface area contributed by atoms with Crippen LogP contribution < -0.4 is 9.47 Å². The molecule has 2 atom stereocenters. The van der Waals surface area contributed by atoms with Crippen molar-refractivity contribution in [1.82, 2.24) is 0 Å². The summed E-state index contributed by atoms with van der Waals surface area (Å²) in [6.07, 6.45) is -3.10. The molecule has 17 heavy (non-hydrogen) atoms. The highest BCUT2D eigenvalue weighted by Crippen LogP contribution is 2.50. The lowest BCUT2D eigenvalue weighted by Gasteiger charge is -2.04. The summed E-state index contributed by atoms with van der Waals surface area (Å²) < 4.78 is 34.1. The first-order valence-electron chi connectivity index (χ1n) is 5.09. The number of hydrogen-bond donors (Lipinski definition) is 1. The summed E-state index contributed by atoms with van der Waals surface area (Å²) in [6.45, 7) is 0. The van der Waals surface area contributed by atoms with E-state index < -0.39 is 18.2 Å². The third kappa shape index (κ3) is 1.69. The molecule has 0 radical (unpaired) electrons. The van der Waals surface area contributed by atoms with Crippen molar-refractivity contribution in [3.8, 4) is 11.5 Å². The van der Waals surface area contributed by atoms with Crippen molar-refractivity contribution in [2.24, 2.45) is 5.92 Å². The molecule has 2 unspecified atom stereocenters. The van der Waals surface area contributed by atoms with E-state index in [4.69, 9.17) is 5.11 Å². The van der Waals surface area contributed by atoms with E-state index >= 15 is 0 Å². The fraction of sp³-hybridized carbons (Fsp3) is 0.364. The Kier molecular flexibility index (Phi) is 1.87. The number of benzene rings is 1. The monoisotopic (exact) mass is 242 g/mol. The molecule has 0 bridgehead atoms. The molecule has 0 amide bonds. The van der Waals surface area contributed by atoms with Crippen LogP contribution in [0.15, 0.2) is 18.2 Å². The Labute approximate surface area is 94.8 Å². The van der Waals surface area contributed by atoms with Gasteiger partial charge in [0.05, 0.1) is 5.92 Å². The molecular formula is C11H8F2O4. The molecular weight excluding hydrogens is 234 g/mol. The van der Waals surface area contributed by atoms with E-state index in [9.17, 15) is 13.6 Å². The van der Waals surface area contributed by atoms with Crippen LogP contribution in [0.3, 0.4) is 0 Å². The Morgan fingerprint density at radius 1 is 1.35 bits per heavy atom. The van der Waals surface area contributed by atoms with Gasteiger partial charge in [0.25, 0.3) is 0 Å². The number of alkyl halides is 2. The molecule has 1 aromatic rings. The number of hydrogen-bond acceptors (Lipinski definition) is 3. The molecule has 90 valence electrons. The maximum atomic E-state index is 12.8. The minimum atomic E-state index is -3.63. The number of ether oxygens (including phenoxy) is 2. The van der Waals surface area contributed by atoms with Crippen molar-refractivity contribution in [2.75, 3.05) is 0 Å². The van der Waals surface area contributed by atoms with E-state index in [2.05, 4.69) is 9.47 Å². The van der Waals surface area contributed by atoms with Gasteiger partial charge in [0.15, 0.2) is 11.5 Å². The van der Waals surface area contributed by atoms with Gasteiger partial charge in [-0.1, -0.05) is 6.07 Å². The van der Waals surface area contributed by atoms with Crippen LogP contribution in [0.2, 0.25) is 0 Å². The fourth-order valence-corrected chi connectivity index (χ4v) is 2.03. The number of fused-ring (bicyclic) bond motifs is 1. The van der Waals surface area contributed by atoms with Crippen LogP contribution in [0.1, 0.15) is 17.9 Å². The Morgan fingerprint density at radius 2 is 2.06 bits per heavy atom. The maximum Gasteiger partial charge on any atom is 0.586 e. The van der Waals surface area contributed by atoms with Gasteiger partial charge in [-0.15, -0.1) is 8.78 Å². The Morgan fingerprint density at radius 3 is 2.71 bits per heavy atom. The van der Waals surface area contributed by atoms with Gasteiger partial charge in [-0.2, -0.15) is 0 Å². The smallest absolute Gasteiger partial charge is 0.481 e. The predicted molar refractivity (Wildman–Crippen MR) is 51.1 cm³/mol. The number of carbonyl (C=O) groups is 1. The number of carboxylic acid groups (broad SMARTS) is 1. The van der Waals surface area contributed by atoms with E-state index in [1.807, 2.05) is 0 Å². The van der Waals surface area contributed by atoms with Gasteiger partial charge >= 0.3 is 12.3 Å². The fourth-order valence-electron chi connectivity index (χ4n) is 2.03.